The van der Waals surface area contributed by atoms with E-state index in [0.717, 1.165) is 12.5 Å². The summed E-state index contributed by atoms with van der Waals surface area (Å²) in [5.41, 5.74) is 0. The third-order valence-electron chi connectivity index (χ3n) is 2.34. The average Bonchev–Trinajstić information content (AvgIpc) is 2.01. The third kappa shape index (κ3) is 3.58. The van der Waals surface area contributed by atoms with E-state index in [1.165, 1.54) is 6.08 Å². The van der Waals surface area contributed by atoms with E-state index in [0.29, 0.717) is 12.8 Å². The summed E-state index contributed by atoms with van der Waals surface area (Å²) in [6.07, 6.45) is 4.09. The lowest BCUT2D eigenvalue weighted by molar-refractivity contribution is 0.138. The maximum absolute atomic E-state index is 12.8. The number of hydrogen-bond donors (Lipinski definition) is 1. The highest BCUT2D eigenvalue weighted by Crippen LogP contribution is 2.28. The van der Waals surface area contributed by atoms with Crippen LogP contribution in [0.3, 0.4) is 0 Å². The van der Waals surface area contributed by atoms with Crippen LogP contribution in [0.4, 0.5) is 8.78 Å². The van der Waals surface area contributed by atoms with Gasteiger partial charge in [-0.2, -0.15) is 0 Å². The highest BCUT2D eigenvalue weighted by molar-refractivity contribution is 5.21. The highest BCUT2D eigenvalue weighted by atomic mass is 19.1. The summed E-state index contributed by atoms with van der Waals surface area (Å²) in [7, 11) is 0. The Morgan fingerprint density at radius 1 is 1.57 bits per heavy atom. The lowest BCUT2D eigenvalue weighted by atomic mass is 9.92. The van der Waals surface area contributed by atoms with E-state index < -0.39 is 17.8 Å². The summed E-state index contributed by atoms with van der Waals surface area (Å²) in [5.74, 6) is -1.15. The molecule has 0 radical (unpaired) electrons. The normalized spacial score (nSPS) is 24.1. The van der Waals surface area contributed by atoms with E-state index in [4.69, 9.17) is 0 Å². The highest BCUT2D eigenvalue weighted by Gasteiger charge is 2.18. The minimum Gasteiger partial charge on any atom is -0.393 e. The van der Waals surface area contributed by atoms with Gasteiger partial charge in [0.1, 0.15) is 11.7 Å². The van der Waals surface area contributed by atoms with Crippen LogP contribution in [0.2, 0.25) is 0 Å². The van der Waals surface area contributed by atoms with Gasteiger partial charge in [0.2, 0.25) is 0 Å². The fraction of sp³-hybridized carbons (Fsp3) is 0.636. The molecule has 0 heterocycles. The van der Waals surface area contributed by atoms with Gasteiger partial charge in [-0.15, -0.1) is 0 Å². The second kappa shape index (κ2) is 5.25. The quantitative estimate of drug-likeness (QED) is 0.741. The molecular formula is C11H16F2O. The summed E-state index contributed by atoms with van der Waals surface area (Å²) in [6, 6.07) is 0. The topological polar surface area (TPSA) is 20.2 Å². The van der Waals surface area contributed by atoms with Crippen molar-refractivity contribution in [1.29, 1.82) is 0 Å². The number of aliphatic hydroxyl groups is 1. The monoisotopic (exact) mass is 202 g/mol. The van der Waals surface area contributed by atoms with Crippen LogP contribution in [-0.2, 0) is 0 Å². The zero-order valence-electron chi connectivity index (χ0n) is 8.34. The lowest BCUT2D eigenvalue weighted by Crippen LogP contribution is -2.13. The summed E-state index contributed by atoms with van der Waals surface area (Å²) < 4.78 is 25.6. The van der Waals surface area contributed by atoms with Crippen LogP contribution in [0.1, 0.15) is 32.6 Å². The van der Waals surface area contributed by atoms with Crippen molar-refractivity contribution in [3.63, 3.8) is 0 Å². The second-order valence-corrected chi connectivity index (χ2v) is 3.79. The molecule has 1 aliphatic carbocycles. The molecule has 0 aromatic heterocycles. The van der Waals surface area contributed by atoms with Gasteiger partial charge in [-0.05, 0) is 24.8 Å². The van der Waals surface area contributed by atoms with E-state index in [-0.39, 0.29) is 12.3 Å². The molecule has 1 nitrogen and oxygen atoms in total. The van der Waals surface area contributed by atoms with Crippen molar-refractivity contribution in [3.8, 4) is 0 Å². The molecule has 0 saturated carbocycles. The molecule has 80 valence electrons. The predicted octanol–water partition coefficient (Wildman–Crippen LogP) is 3.26. The first kappa shape index (κ1) is 11.4. The third-order valence-corrected chi connectivity index (χ3v) is 2.34. The van der Waals surface area contributed by atoms with Crippen molar-refractivity contribution in [1.82, 2.24) is 0 Å². The van der Waals surface area contributed by atoms with E-state index >= 15 is 0 Å². The van der Waals surface area contributed by atoms with Crippen molar-refractivity contribution in [3.05, 3.63) is 23.8 Å². The van der Waals surface area contributed by atoms with Gasteiger partial charge >= 0.3 is 0 Å². The molecule has 3 heteroatoms. The number of rotatable bonds is 4. The van der Waals surface area contributed by atoms with Gasteiger partial charge in [-0.3, -0.25) is 0 Å². The van der Waals surface area contributed by atoms with Crippen LogP contribution in [-0.4, -0.2) is 11.2 Å². The maximum Gasteiger partial charge on any atom is 0.122 e. The molecule has 1 unspecified atom stereocenters. The molecule has 0 aromatic rings. The van der Waals surface area contributed by atoms with Crippen LogP contribution in [0.15, 0.2) is 23.8 Å². The minimum atomic E-state index is -0.526. The molecule has 14 heavy (non-hydrogen) atoms. The van der Waals surface area contributed by atoms with Crippen molar-refractivity contribution in [2.45, 2.75) is 38.7 Å². The van der Waals surface area contributed by atoms with E-state index in [9.17, 15) is 13.9 Å². The number of allylic oxidation sites excluding steroid dienone is 4. The molecule has 0 saturated heterocycles. The smallest absolute Gasteiger partial charge is 0.122 e. The summed E-state index contributed by atoms with van der Waals surface area (Å²) in [4.78, 5) is 0. The molecular weight excluding hydrogens is 186 g/mol. The zero-order chi connectivity index (χ0) is 10.6. The fourth-order valence-electron chi connectivity index (χ4n) is 1.74. The Labute approximate surface area is 83.1 Å². The Morgan fingerprint density at radius 2 is 2.29 bits per heavy atom. The van der Waals surface area contributed by atoms with Gasteiger partial charge in [0.25, 0.3) is 0 Å². The molecule has 0 aliphatic heterocycles. The van der Waals surface area contributed by atoms with Gasteiger partial charge in [0, 0.05) is 12.5 Å². The molecule has 0 fully saturated rings. The van der Waals surface area contributed by atoms with Gasteiger partial charge in [-0.25, -0.2) is 8.78 Å². The molecule has 1 N–H and O–H groups in total. The Kier molecular flexibility index (Phi) is 4.26. The molecule has 2 atom stereocenters. The number of hydrogen-bond acceptors (Lipinski definition) is 1. The van der Waals surface area contributed by atoms with Crippen LogP contribution in [0, 0.1) is 5.92 Å². The number of aliphatic hydroxyl groups excluding tert-OH is 1. The molecule has 1 aliphatic rings. The van der Waals surface area contributed by atoms with Gasteiger partial charge in [-0.1, -0.05) is 13.3 Å². The summed E-state index contributed by atoms with van der Waals surface area (Å²) in [5, 5.41) is 9.48. The standard InChI is InChI=1S/C11H16F2O/c1-2-3-11(14)6-8-4-9(12)7-10(13)5-8/h4,7-8,11,14H,2-3,5-6H2,1H3/t8?,11-/m0/s1. The SMILES string of the molecule is CCC[C@H](O)CC1C=C(F)C=C(F)C1. The van der Waals surface area contributed by atoms with Gasteiger partial charge in [0.15, 0.2) is 0 Å². The van der Waals surface area contributed by atoms with E-state index in [1.807, 2.05) is 6.92 Å². The first-order chi connectivity index (χ1) is 6.61. The largest absolute Gasteiger partial charge is 0.393 e. The average molecular weight is 202 g/mol. The Bertz CT molecular complexity index is 246. The van der Waals surface area contributed by atoms with Gasteiger partial charge < -0.3 is 5.11 Å². The summed E-state index contributed by atoms with van der Waals surface area (Å²) in [6.45, 7) is 1.97. The van der Waals surface area contributed by atoms with Crippen LogP contribution < -0.4 is 0 Å². The van der Waals surface area contributed by atoms with E-state index in [2.05, 4.69) is 0 Å². The fourth-order valence-corrected chi connectivity index (χ4v) is 1.74. The van der Waals surface area contributed by atoms with Crippen molar-refractivity contribution in [2.24, 2.45) is 5.92 Å². The molecule has 1 rings (SSSR count). The van der Waals surface area contributed by atoms with E-state index in [1.54, 1.807) is 0 Å². The first-order valence-corrected chi connectivity index (χ1v) is 5.03. The van der Waals surface area contributed by atoms with Gasteiger partial charge in [0.05, 0.1) is 6.10 Å². The number of halogens is 2. The molecule has 0 amide bonds. The van der Waals surface area contributed by atoms with Crippen molar-refractivity contribution >= 4 is 0 Å². The Hall–Kier alpha value is -0.700. The Balaban J connectivity index is 2.44. The van der Waals surface area contributed by atoms with Crippen LogP contribution in [0.5, 0.6) is 0 Å². The maximum atomic E-state index is 12.8. The molecule has 0 spiro atoms. The van der Waals surface area contributed by atoms with Crippen molar-refractivity contribution < 1.29 is 13.9 Å². The first-order valence-electron chi connectivity index (χ1n) is 5.03. The second-order valence-electron chi connectivity index (χ2n) is 3.79. The summed E-state index contributed by atoms with van der Waals surface area (Å²) >= 11 is 0. The predicted molar refractivity (Wildman–Crippen MR) is 52.0 cm³/mol. The van der Waals surface area contributed by atoms with Crippen LogP contribution in [0.25, 0.3) is 0 Å². The van der Waals surface area contributed by atoms with Crippen LogP contribution >= 0.6 is 0 Å². The lowest BCUT2D eigenvalue weighted by Gasteiger charge is -2.18. The molecule has 0 aromatic carbocycles. The van der Waals surface area contributed by atoms with Crippen molar-refractivity contribution in [2.75, 3.05) is 0 Å². The Morgan fingerprint density at radius 3 is 2.86 bits per heavy atom. The minimum absolute atomic E-state index is 0.193. The zero-order valence-corrected chi connectivity index (χ0v) is 8.34. The molecule has 0 bridgehead atoms.